The summed E-state index contributed by atoms with van der Waals surface area (Å²) >= 11 is 0. The van der Waals surface area contributed by atoms with Crippen molar-refractivity contribution >= 4 is 18.0 Å². The van der Waals surface area contributed by atoms with Gasteiger partial charge in [-0.05, 0) is 36.1 Å². The van der Waals surface area contributed by atoms with Crippen LogP contribution in [0, 0.1) is 5.92 Å². The van der Waals surface area contributed by atoms with E-state index < -0.39 is 12.1 Å². The molecule has 0 aromatic heterocycles. The third kappa shape index (κ3) is 3.36. The first kappa shape index (κ1) is 18.8. The first-order chi connectivity index (χ1) is 13.6. The Balaban J connectivity index is 1.59. The van der Waals surface area contributed by atoms with Crippen LogP contribution in [0.4, 0.5) is 0 Å². The van der Waals surface area contributed by atoms with Crippen molar-refractivity contribution in [3.05, 3.63) is 29.3 Å². The SMILES string of the molecule is COC(=O)[C@H](CC1CCCCC1)N1CC2=Cc3c(OC)cccc3OC2C1=O. The Bertz CT molecular complexity index is 796. The number of carbonyl (C=O) groups is 2. The summed E-state index contributed by atoms with van der Waals surface area (Å²) in [5.74, 6) is 1.30. The molecule has 1 aromatic rings. The lowest BCUT2D eigenvalue weighted by Gasteiger charge is -2.30. The predicted molar refractivity (Wildman–Crippen MR) is 104 cm³/mol. The molecule has 6 nitrogen and oxygen atoms in total. The average molecular weight is 385 g/mol. The van der Waals surface area contributed by atoms with Gasteiger partial charge < -0.3 is 19.1 Å². The molecule has 28 heavy (non-hydrogen) atoms. The highest BCUT2D eigenvalue weighted by molar-refractivity contribution is 5.95. The molecule has 0 bridgehead atoms. The fourth-order valence-electron chi connectivity index (χ4n) is 4.66. The summed E-state index contributed by atoms with van der Waals surface area (Å²) in [5.41, 5.74) is 1.70. The zero-order chi connectivity index (χ0) is 19.7. The van der Waals surface area contributed by atoms with Gasteiger partial charge in [-0.25, -0.2) is 4.79 Å². The van der Waals surface area contributed by atoms with Gasteiger partial charge in [0.25, 0.3) is 5.91 Å². The number of rotatable bonds is 5. The Hall–Kier alpha value is -2.50. The number of carbonyl (C=O) groups excluding carboxylic acids is 2. The molecule has 0 radical (unpaired) electrons. The van der Waals surface area contributed by atoms with Gasteiger partial charge in [0.2, 0.25) is 0 Å². The monoisotopic (exact) mass is 385 g/mol. The standard InChI is InChI=1S/C22H27NO5/c1-26-18-9-6-10-19-16(18)12-15-13-23(21(24)20(15)28-19)17(22(25)27-2)11-14-7-4-3-5-8-14/h6,9-10,12,14,17,20H,3-5,7-8,11,13H2,1-2H3/t17-,20?/m0/s1. The highest BCUT2D eigenvalue weighted by Gasteiger charge is 2.46. The largest absolute Gasteiger partial charge is 0.496 e. The molecule has 1 amide bonds. The molecule has 4 rings (SSSR count). The van der Waals surface area contributed by atoms with Crippen molar-refractivity contribution < 1.29 is 23.8 Å². The molecule has 3 aliphatic rings. The molecule has 6 heteroatoms. The number of nitrogens with zero attached hydrogens (tertiary/aromatic N) is 1. The normalized spacial score (nSPS) is 22.6. The van der Waals surface area contributed by atoms with Crippen LogP contribution >= 0.6 is 0 Å². The van der Waals surface area contributed by atoms with Crippen LogP contribution in [0.5, 0.6) is 11.5 Å². The quantitative estimate of drug-likeness (QED) is 0.729. The van der Waals surface area contributed by atoms with Crippen LogP contribution < -0.4 is 9.47 Å². The third-order valence-corrected chi connectivity index (χ3v) is 6.15. The van der Waals surface area contributed by atoms with Crippen molar-refractivity contribution in [2.45, 2.75) is 50.7 Å². The molecular formula is C22H27NO5. The molecule has 0 N–H and O–H groups in total. The summed E-state index contributed by atoms with van der Waals surface area (Å²) in [6.45, 7) is 0.382. The van der Waals surface area contributed by atoms with Gasteiger partial charge in [0, 0.05) is 6.54 Å². The summed E-state index contributed by atoms with van der Waals surface area (Å²) in [7, 11) is 3.00. The minimum atomic E-state index is -0.668. The number of benzene rings is 1. The van der Waals surface area contributed by atoms with Crippen LogP contribution in [0.15, 0.2) is 23.8 Å². The molecular weight excluding hydrogens is 358 g/mol. The number of ether oxygens (including phenoxy) is 3. The van der Waals surface area contributed by atoms with E-state index in [0.29, 0.717) is 30.4 Å². The van der Waals surface area contributed by atoms with Gasteiger partial charge >= 0.3 is 5.97 Å². The summed E-state index contributed by atoms with van der Waals surface area (Å²) in [6.07, 6.45) is 7.83. The van der Waals surface area contributed by atoms with E-state index in [2.05, 4.69) is 0 Å². The maximum absolute atomic E-state index is 13.1. The lowest BCUT2D eigenvalue weighted by atomic mass is 9.84. The second-order valence-electron chi connectivity index (χ2n) is 7.83. The van der Waals surface area contributed by atoms with Gasteiger partial charge in [-0.1, -0.05) is 38.2 Å². The Morgan fingerprint density at radius 1 is 1.25 bits per heavy atom. The lowest BCUT2D eigenvalue weighted by Crippen LogP contribution is -2.46. The maximum Gasteiger partial charge on any atom is 0.328 e. The van der Waals surface area contributed by atoms with Crippen molar-refractivity contribution in [3.8, 4) is 11.5 Å². The van der Waals surface area contributed by atoms with Crippen molar-refractivity contribution in [2.75, 3.05) is 20.8 Å². The van der Waals surface area contributed by atoms with Crippen LogP contribution in [0.25, 0.3) is 6.08 Å². The van der Waals surface area contributed by atoms with Crippen LogP contribution in [-0.2, 0) is 14.3 Å². The number of methoxy groups -OCH3 is 2. The summed E-state index contributed by atoms with van der Waals surface area (Å²) in [4.78, 5) is 27.3. The minimum Gasteiger partial charge on any atom is -0.496 e. The smallest absolute Gasteiger partial charge is 0.328 e. The van der Waals surface area contributed by atoms with Crippen molar-refractivity contribution in [1.82, 2.24) is 4.90 Å². The second-order valence-corrected chi connectivity index (χ2v) is 7.83. The zero-order valence-electron chi connectivity index (χ0n) is 16.5. The summed E-state index contributed by atoms with van der Waals surface area (Å²) < 4.78 is 16.5. The van der Waals surface area contributed by atoms with E-state index in [9.17, 15) is 9.59 Å². The molecule has 1 saturated carbocycles. The minimum absolute atomic E-state index is 0.161. The molecule has 2 atom stereocenters. The number of fused-ring (bicyclic) bond motifs is 2. The second kappa shape index (κ2) is 7.86. The predicted octanol–water partition coefficient (Wildman–Crippen LogP) is 3.19. The van der Waals surface area contributed by atoms with Crippen molar-refractivity contribution in [1.29, 1.82) is 0 Å². The molecule has 1 aromatic carbocycles. The highest BCUT2D eigenvalue weighted by atomic mass is 16.5. The average Bonchev–Trinajstić information content (AvgIpc) is 3.05. The number of hydrogen-bond acceptors (Lipinski definition) is 5. The Labute approximate surface area is 165 Å². The van der Waals surface area contributed by atoms with Crippen molar-refractivity contribution in [3.63, 3.8) is 0 Å². The molecule has 1 aliphatic carbocycles. The van der Waals surface area contributed by atoms with E-state index in [1.54, 1.807) is 12.0 Å². The number of hydrogen-bond donors (Lipinski definition) is 0. The van der Waals surface area contributed by atoms with E-state index in [1.165, 1.54) is 26.4 Å². The van der Waals surface area contributed by atoms with Gasteiger partial charge in [0.05, 0.1) is 19.8 Å². The van der Waals surface area contributed by atoms with E-state index in [4.69, 9.17) is 14.2 Å². The van der Waals surface area contributed by atoms with E-state index in [-0.39, 0.29) is 11.9 Å². The summed E-state index contributed by atoms with van der Waals surface area (Å²) in [6, 6.07) is 4.99. The lowest BCUT2D eigenvalue weighted by molar-refractivity contribution is -0.153. The van der Waals surface area contributed by atoms with E-state index >= 15 is 0 Å². The van der Waals surface area contributed by atoms with E-state index in [0.717, 1.165) is 24.0 Å². The van der Waals surface area contributed by atoms with E-state index in [1.807, 2.05) is 24.3 Å². The molecule has 2 aliphatic heterocycles. The first-order valence-corrected chi connectivity index (χ1v) is 10.0. The van der Waals surface area contributed by atoms with Crippen LogP contribution in [0.2, 0.25) is 0 Å². The van der Waals surface area contributed by atoms with Gasteiger partial charge in [-0.15, -0.1) is 0 Å². The first-order valence-electron chi connectivity index (χ1n) is 10.0. The van der Waals surface area contributed by atoms with Gasteiger partial charge in [-0.3, -0.25) is 4.79 Å². The van der Waals surface area contributed by atoms with Crippen LogP contribution in [0.1, 0.15) is 44.1 Å². The third-order valence-electron chi connectivity index (χ3n) is 6.15. The topological polar surface area (TPSA) is 65.1 Å². The fraction of sp³-hybridized carbons (Fsp3) is 0.545. The van der Waals surface area contributed by atoms with Gasteiger partial charge in [-0.2, -0.15) is 0 Å². The van der Waals surface area contributed by atoms with Crippen LogP contribution in [-0.4, -0.2) is 49.7 Å². The molecule has 1 saturated heterocycles. The van der Waals surface area contributed by atoms with Gasteiger partial charge in [0.1, 0.15) is 17.5 Å². The van der Waals surface area contributed by atoms with Crippen molar-refractivity contribution in [2.24, 2.45) is 5.92 Å². The molecule has 2 heterocycles. The zero-order valence-corrected chi connectivity index (χ0v) is 16.5. The Morgan fingerprint density at radius 2 is 2.04 bits per heavy atom. The molecule has 2 fully saturated rings. The number of amides is 1. The Kier molecular flexibility index (Phi) is 5.29. The molecule has 0 spiro atoms. The number of esters is 1. The summed E-state index contributed by atoms with van der Waals surface area (Å²) in [5, 5.41) is 0. The van der Waals surface area contributed by atoms with Crippen LogP contribution in [0.3, 0.4) is 0 Å². The Morgan fingerprint density at radius 3 is 2.75 bits per heavy atom. The fourth-order valence-corrected chi connectivity index (χ4v) is 4.66. The maximum atomic E-state index is 13.1. The number of likely N-dealkylation sites (tertiary alicyclic amines) is 1. The molecule has 150 valence electrons. The molecule has 1 unspecified atom stereocenters. The highest BCUT2D eigenvalue weighted by Crippen LogP contribution is 2.40. The van der Waals surface area contributed by atoms with Gasteiger partial charge in [0.15, 0.2) is 6.10 Å².